The number of carbonyl (C=O) groups is 1. The molecule has 2 saturated carbocycles. The number of fused-ring (bicyclic) bond motifs is 2. The lowest BCUT2D eigenvalue weighted by Crippen LogP contribution is -2.35. The molecule has 0 heterocycles. The molecule has 2 fully saturated rings. The minimum Gasteiger partial charge on any atom is -0.466 e. The summed E-state index contributed by atoms with van der Waals surface area (Å²) < 4.78 is 4.85. The zero-order valence-corrected chi connectivity index (χ0v) is 12.2. The highest BCUT2D eigenvalue weighted by molar-refractivity contribution is 5.69. The Morgan fingerprint density at radius 1 is 1.42 bits per heavy atom. The van der Waals surface area contributed by atoms with Crippen LogP contribution in [0.5, 0.6) is 0 Å². The van der Waals surface area contributed by atoms with Crippen molar-refractivity contribution >= 4 is 5.97 Å². The highest BCUT2D eigenvalue weighted by Gasteiger charge is 2.39. The zero-order valence-electron chi connectivity index (χ0n) is 12.2. The molecule has 2 aliphatic carbocycles. The van der Waals surface area contributed by atoms with E-state index in [1.807, 2.05) is 7.05 Å². The topological polar surface area (TPSA) is 49.8 Å². The molecule has 0 aromatic rings. The van der Waals surface area contributed by atoms with Gasteiger partial charge in [0, 0.05) is 13.1 Å². The number of rotatable bonds is 7. The van der Waals surface area contributed by atoms with Gasteiger partial charge in [0.25, 0.3) is 0 Å². The van der Waals surface area contributed by atoms with Crippen LogP contribution >= 0.6 is 0 Å². The summed E-state index contributed by atoms with van der Waals surface area (Å²) in [5.74, 6) is 2.38. The fourth-order valence-electron chi connectivity index (χ4n) is 3.91. The lowest BCUT2D eigenvalue weighted by molar-refractivity contribution is -0.145. The minimum absolute atomic E-state index is 0.106. The molecule has 0 spiro atoms. The lowest BCUT2D eigenvalue weighted by atomic mass is 9.88. The highest BCUT2D eigenvalue weighted by atomic mass is 16.5. The van der Waals surface area contributed by atoms with Crippen LogP contribution in [0.15, 0.2) is 0 Å². The first-order chi connectivity index (χ1) is 9.08. The monoisotopic (exact) mass is 269 g/mol. The van der Waals surface area contributed by atoms with Crippen LogP contribution in [0.25, 0.3) is 0 Å². The third-order valence-corrected chi connectivity index (χ3v) is 4.66. The molecule has 4 nitrogen and oxygen atoms in total. The van der Waals surface area contributed by atoms with Crippen molar-refractivity contribution in [2.75, 3.05) is 26.7 Å². The van der Waals surface area contributed by atoms with E-state index in [-0.39, 0.29) is 12.4 Å². The van der Waals surface area contributed by atoms with Gasteiger partial charge in [-0.05, 0) is 51.0 Å². The molecule has 2 aliphatic rings. The molecule has 4 atom stereocenters. The predicted octanol–water partition coefficient (Wildman–Crippen LogP) is 1.67. The smallest absolute Gasteiger partial charge is 0.308 e. The molecule has 0 aromatic carbocycles. The van der Waals surface area contributed by atoms with Crippen molar-refractivity contribution in [2.45, 2.75) is 45.1 Å². The Kier molecular flexibility index (Phi) is 5.22. The van der Waals surface area contributed by atoms with Crippen LogP contribution in [0, 0.1) is 17.8 Å². The van der Waals surface area contributed by atoms with Crippen molar-refractivity contribution in [1.29, 1.82) is 0 Å². The Morgan fingerprint density at radius 2 is 2.21 bits per heavy atom. The molecule has 0 aromatic heterocycles. The van der Waals surface area contributed by atoms with Gasteiger partial charge >= 0.3 is 5.97 Å². The Labute approximate surface area is 116 Å². The van der Waals surface area contributed by atoms with Gasteiger partial charge < -0.3 is 14.7 Å². The van der Waals surface area contributed by atoms with Crippen molar-refractivity contribution in [3.05, 3.63) is 0 Å². The standard InChI is InChI=1S/C15H27NO3/c1-3-19-15(18)8-14(17)10-16(2)9-13-7-11-4-5-12(13)6-11/h11-14,17H,3-10H2,1-2H3. The maximum absolute atomic E-state index is 11.3. The van der Waals surface area contributed by atoms with Crippen molar-refractivity contribution in [2.24, 2.45) is 17.8 Å². The second kappa shape index (κ2) is 6.71. The van der Waals surface area contributed by atoms with Crippen molar-refractivity contribution in [3.63, 3.8) is 0 Å². The number of esters is 1. The van der Waals surface area contributed by atoms with Gasteiger partial charge in [0.15, 0.2) is 0 Å². The summed E-state index contributed by atoms with van der Waals surface area (Å²) >= 11 is 0. The number of nitrogens with zero attached hydrogens (tertiary/aromatic N) is 1. The van der Waals surface area contributed by atoms with E-state index in [1.54, 1.807) is 6.92 Å². The Hall–Kier alpha value is -0.610. The van der Waals surface area contributed by atoms with Gasteiger partial charge in [-0.1, -0.05) is 6.42 Å². The van der Waals surface area contributed by atoms with Gasteiger partial charge in [-0.25, -0.2) is 0 Å². The Balaban J connectivity index is 1.66. The summed E-state index contributed by atoms with van der Waals surface area (Å²) in [6, 6.07) is 0. The minimum atomic E-state index is -0.609. The Morgan fingerprint density at radius 3 is 2.79 bits per heavy atom. The van der Waals surface area contributed by atoms with E-state index in [0.29, 0.717) is 13.2 Å². The van der Waals surface area contributed by atoms with Gasteiger partial charge in [0.2, 0.25) is 0 Å². The number of likely N-dealkylation sites (N-methyl/N-ethyl adjacent to an activating group) is 1. The number of hydrogen-bond acceptors (Lipinski definition) is 4. The molecule has 0 amide bonds. The molecule has 4 unspecified atom stereocenters. The molecule has 0 radical (unpaired) electrons. The summed E-state index contributed by atoms with van der Waals surface area (Å²) in [6.07, 6.45) is 5.11. The molecular weight excluding hydrogens is 242 g/mol. The zero-order chi connectivity index (χ0) is 13.8. The third kappa shape index (κ3) is 4.18. The van der Waals surface area contributed by atoms with E-state index in [9.17, 15) is 9.90 Å². The molecule has 0 saturated heterocycles. The number of aliphatic hydroxyl groups excluding tert-OH is 1. The molecule has 0 aliphatic heterocycles. The number of carbonyl (C=O) groups excluding carboxylic acids is 1. The maximum atomic E-state index is 11.3. The third-order valence-electron chi connectivity index (χ3n) is 4.66. The largest absolute Gasteiger partial charge is 0.466 e. The number of hydrogen-bond donors (Lipinski definition) is 1. The molecular formula is C15H27NO3. The van der Waals surface area contributed by atoms with Crippen LogP contribution in [0.3, 0.4) is 0 Å². The first-order valence-electron chi connectivity index (χ1n) is 7.60. The van der Waals surface area contributed by atoms with Crippen molar-refractivity contribution in [1.82, 2.24) is 4.90 Å². The van der Waals surface area contributed by atoms with E-state index >= 15 is 0 Å². The SMILES string of the molecule is CCOC(=O)CC(O)CN(C)CC1CC2CCC1C2. The number of ether oxygens (including phenoxy) is 1. The summed E-state index contributed by atoms with van der Waals surface area (Å²) in [4.78, 5) is 13.5. The molecule has 19 heavy (non-hydrogen) atoms. The lowest BCUT2D eigenvalue weighted by Gasteiger charge is -2.28. The van der Waals surface area contributed by atoms with Crippen LogP contribution in [-0.2, 0) is 9.53 Å². The normalized spacial score (nSPS) is 30.8. The van der Waals surface area contributed by atoms with Crippen LogP contribution in [0.4, 0.5) is 0 Å². The fourth-order valence-corrected chi connectivity index (χ4v) is 3.91. The van der Waals surface area contributed by atoms with Gasteiger partial charge in [-0.15, -0.1) is 0 Å². The second-order valence-electron chi connectivity index (χ2n) is 6.32. The van der Waals surface area contributed by atoms with Gasteiger partial charge in [0.1, 0.15) is 0 Å². The number of aliphatic hydroxyl groups is 1. The molecule has 110 valence electrons. The summed E-state index contributed by atoms with van der Waals surface area (Å²) in [6.45, 7) is 3.78. The van der Waals surface area contributed by atoms with Gasteiger partial charge in [-0.3, -0.25) is 4.79 Å². The fraction of sp³-hybridized carbons (Fsp3) is 0.933. The average Bonchev–Trinajstić information content (AvgIpc) is 2.90. The van der Waals surface area contributed by atoms with E-state index in [1.165, 1.54) is 25.7 Å². The quantitative estimate of drug-likeness (QED) is 0.714. The van der Waals surface area contributed by atoms with E-state index in [2.05, 4.69) is 4.90 Å². The second-order valence-corrected chi connectivity index (χ2v) is 6.32. The summed E-state index contributed by atoms with van der Waals surface area (Å²) in [7, 11) is 2.04. The van der Waals surface area contributed by atoms with Crippen LogP contribution in [0.1, 0.15) is 39.0 Å². The van der Waals surface area contributed by atoms with E-state index in [0.717, 1.165) is 24.3 Å². The average molecular weight is 269 g/mol. The molecule has 2 bridgehead atoms. The van der Waals surface area contributed by atoms with Gasteiger partial charge in [0.05, 0.1) is 19.1 Å². The highest BCUT2D eigenvalue weighted by Crippen LogP contribution is 2.48. The summed E-state index contributed by atoms with van der Waals surface area (Å²) in [5, 5.41) is 9.88. The summed E-state index contributed by atoms with van der Waals surface area (Å²) in [5.41, 5.74) is 0. The van der Waals surface area contributed by atoms with E-state index in [4.69, 9.17) is 4.74 Å². The molecule has 2 rings (SSSR count). The first kappa shape index (κ1) is 14.8. The van der Waals surface area contributed by atoms with Crippen molar-refractivity contribution in [3.8, 4) is 0 Å². The maximum Gasteiger partial charge on any atom is 0.308 e. The first-order valence-corrected chi connectivity index (χ1v) is 7.60. The van der Waals surface area contributed by atoms with Crippen molar-refractivity contribution < 1.29 is 14.6 Å². The van der Waals surface area contributed by atoms with E-state index < -0.39 is 6.10 Å². The molecule has 4 heteroatoms. The van der Waals surface area contributed by atoms with Gasteiger partial charge in [-0.2, -0.15) is 0 Å². The Bertz CT molecular complexity index is 308. The van der Waals surface area contributed by atoms with Crippen LogP contribution in [-0.4, -0.2) is 48.8 Å². The predicted molar refractivity (Wildman–Crippen MR) is 73.7 cm³/mol. The van der Waals surface area contributed by atoms with Crippen LogP contribution in [0.2, 0.25) is 0 Å². The van der Waals surface area contributed by atoms with Crippen LogP contribution < -0.4 is 0 Å². The molecule has 1 N–H and O–H groups in total.